The van der Waals surface area contributed by atoms with E-state index in [0.717, 1.165) is 26.0 Å². The lowest BCUT2D eigenvalue weighted by atomic mass is 9.99. The number of halogens is 2. The first kappa shape index (κ1) is 15.4. The Morgan fingerprint density at radius 2 is 2.10 bits per heavy atom. The van der Waals surface area contributed by atoms with Gasteiger partial charge in [0.1, 0.15) is 11.6 Å². The molecule has 1 saturated heterocycles. The molecule has 2 atom stereocenters. The van der Waals surface area contributed by atoms with Gasteiger partial charge in [-0.2, -0.15) is 0 Å². The van der Waals surface area contributed by atoms with Crippen molar-refractivity contribution in [3.05, 3.63) is 35.4 Å². The molecular formula is C15H22F2N2O. The Kier molecular flexibility index (Phi) is 5.46. The van der Waals surface area contributed by atoms with E-state index in [1.54, 1.807) is 0 Å². The molecule has 1 aromatic rings. The third-order valence-electron chi connectivity index (χ3n) is 3.89. The highest BCUT2D eigenvalue weighted by Crippen LogP contribution is 2.26. The number of hydrogen-bond acceptors (Lipinski definition) is 3. The lowest BCUT2D eigenvalue weighted by Gasteiger charge is -2.32. The third-order valence-corrected chi connectivity index (χ3v) is 3.89. The average Bonchev–Trinajstić information content (AvgIpc) is 2.44. The Labute approximate surface area is 118 Å². The number of rotatable bonds is 5. The second kappa shape index (κ2) is 7.11. The van der Waals surface area contributed by atoms with E-state index in [1.165, 1.54) is 18.2 Å². The molecule has 2 N–H and O–H groups in total. The molecule has 20 heavy (non-hydrogen) atoms. The van der Waals surface area contributed by atoms with Gasteiger partial charge in [-0.3, -0.25) is 4.90 Å². The average molecular weight is 284 g/mol. The molecule has 1 fully saturated rings. The van der Waals surface area contributed by atoms with E-state index < -0.39 is 17.7 Å². The minimum Gasteiger partial charge on any atom is -0.381 e. The Hall–Kier alpha value is -1.04. The third kappa shape index (κ3) is 3.53. The van der Waals surface area contributed by atoms with Crippen molar-refractivity contribution in [1.29, 1.82) is 0 Å². The van der Waals surface area contributed by atoms with Crippen LogP contribution in [0.4, 0.5) is 8.78 Å². The van der Waals surface area contributed by atoms with Crippen LogP contribution in [0.2, 0.25) is 0 Å². The number of likely N-dealkylation sites (N-methyl/N-ethyl adjacent to an activating group) is 1. The molecule has 0 radical (unpaired) electrons. The van der Waals surface area contributed by atoms with Crippen molar-refractivity contribution in [3.8, 4) is 0 Å². The molecule has 1 aliphatic heterocycles. The maximum Gasteiger partial charge on any atom is 0.130 e. The van der Waals surface area contributed by atoms with Gasteiger partial charge in [0, 0.05) is 25.3 Å². The highest BCUT2D eigenvalue weighted by atomic mass is 19.1. The maximum atomic E-state index is 13.9. The van der Waals surface area contributed by atoms with Crippen molar-refractivity contribution >= 4 is 0 Å². The quantitative estimate of drug-likeness (QED) is 0.902. The van der Waals surface area contributed by atoms with Crippen LogP contribution >= 0.6 is 0 Å². The van der Waals surface area contributed by atoms with Crippen molar-refractivity contribution in [2.75, 3.05) is 33.4 Å². The Morgan fingerprint density at radius 1 is 1.40 bits per heavy atom. The van der Waals surface area contributed by atoms with Gasteiger partial charge in [-0.1, -0.05) is 6.07 Å². The highest BCUT2D eigenvalue weighted by Gasteiger charge is 2.25. The molecule has 0 amide bonds. The van der Waals surface area contributed by atoms with Crippen LogP contribution in [0, 0.1) is 17.6 Å². The fraction of sp³-hybridized carbons (Fsp3) is 0.600. The summed E-state index contributed by atoms with van der Waals surface area (Å²) in [5.74, 6) is -0.669. The standard InChI is InChI=1S/C15H22F2N2O/c1-19(9-11-4-3-7-20-10-11)14(8-18)15-12(16)5-2-6-13(15)17/h2,5-6,11,14H,3-4,7-10,18H2,1H3. The molecule has 5 heteroatoms. The van der Waals surface area contributed by atoms with Crippen molar-refractivity contribution in [3.63, 3.8) is 0 Å². The van der Waals surface area contributed by atoms with Crippen LogP contribution < -0.4 is 5.73 Å². The van der Waals surface area contributed by atoms with Gasteiger partial charge in [0.25, 0.3) is 0 Å². The first-order chi connectivity index (χ1) is 9.63. The van der Waals surface area contributed by atoms with E-state index in [9.17, 15) is 8.78 Å². The molecule has 2 rings (SSSR count). The van der Waals surface area contributed by atoms with Crippen LogP contribution in [-0.2, 0) is 4.74 Å². The number of ether oxygens (including phenoxy) is 1. The Morgan fingerprint density at radius 3 is 2.65 bits per heavy atom. The first-order valence-corrected chi connectivity index (χ1v) is 7.05. The van der Waals surface area contributed by atoms with Gasteiger partial charge in [0.05, 0.1) is 12.6 Å². The van der Waals surface area contributed by atoms with Crippen molar-refractivity contribution in [1.82, 2.24) is 4.90 Å². The minimum atomic E-state index is -0.535. The van der Waals surface area contributed by atoms with Gasteiger partial charge < -0.3 is 10.5 Å². The summed E-state index contributed by atoms with van der Waals surface area (Å²) in [6, 6.07) is 3.48. The smallest absolute Gasteiger partial charge is 0.130 e. The van der Waals surface area contributed by atoms with E-state index in [-0.39, 0.29) is 12.1 Å². The summed E-state index contributed by atoms with van der Waals surface area (Å²) in [7, 11) is 1.86. The zero-order chi connectivity index (χ0) is 14.5. The molecule has 1 aromatic carbocycles. The number of benzene rings is 1. The Balaban J connectivity index is 2.10. The van der Waals surface area contributed by atoms with Crippen LogP contribution in [0.5, 0.6) is 0 Å². The van der Waals surface area contributed by atoms with Gasteiger partial charge in [0.15, 0.2) is 0 Å². The summed E-state index contributed by atoms with van der Waals surface area (Å²) in [6.45, 7) is 2.43. The molecule has 1 heterocycles. The molecular weight excluding hydrogens is 262 g/mol. The van der Waals surface area contributed by atoms with E-state index in [2.05, 4.69) is 0 Å². The van der Waals surface area contributed by atoms with Gasteiger partial charge >= 0.3 is 0 Å². The molecule has 0 aromatic heterocycles. The zero-order valence-corrected chi connectivity index (χ0v) is 11.8. The van der Waals surface area contributed by atoms with Crippen LogP contribution in [0.15, 0.2) is 18.2 Å². The summed E-state index contributed by atoms with van der Waals surface area (Å²) >= 11 is 0. The monoisotopic (exact) mass is 284 g/mol. The minimum absolute atomic E-state index is 0.0641. The summed E-state index contributed by atoms with van der Waals surface area (Å²) < 4.78 is 33.2. The van der Waals surface area contributed by atoms with Crippen LogP contribution in [-0.4, -0.2) is 38.3 Å². The van der Waals surface area contributed by atoms with Gasteiger partial charge in [-0.15, -0.1) is 0 Å². The topological polar surface area (TPSA) is 38.5 Å². The summed E-state index contributed by atoms with van der Waals surface area (Å²) in [5.41, 5.74) is 5.81. The van der Waals surface area contributed by atoms with Crippen molar-refractivity contribution in [2.24, 2.45) is 11.7 Å². The molecule has 1 aliphatic rings. The van der Waals surface area contributed by atoms with Crippen LogP contribution in [0.3, 0.4) is 0 Å². The lowest BCUT2D eigenvalue weighted by Crippen LogP contribution is -2.37. The predicted molar refractivity (Wildman–Crippen MR) is 74.3 cm³/mol. The molecule has 0 bridgehead atoms. The molecule has 0 saturated carbocycles. The molecule has 112 valence electrons. The number of nitrogens with two attached hydrogens (primary N) is 1. The number of hydrogen-bond donors (Lipinski definition) is 1. The Bertz CT molecular complexity index is 416. The molecule has 0 spiro atoms. The second-order valence-electron chi connectivity index (χ2n) is 5.41. The molecule has 3 nitrogen and oxygen atoms in total. The normalized spacial score (nSPS) is 21.1. The highest BCUT2D eigenvalue weighted by molar-refractivity contribution is 5.23. The number of nitrogens with zero attached hydrogens (tertiary/aromatic N) is 1. The second-order valence-corrected chi connectivity index (χ2v) is 5.41. The summed E-state index contributed by atoms with van der Waals surface area (Å²) in [4.78, 5) is 1.93. The molecule has 2 unspecified atom stereocenters. The van der Waals surface area contributed by atoms with E-state index in [0.29, 0.717) is 12.5 Å². The van der Waals surface area contributed by atoms with E-state index >= 15 is 0 Å². The van der Waals surface area contributed by atoms with Crippen molar-refractivity contribution in [2.45, 2.75) is 18.9 Å². The first-order valence-electron chi connectivity index (χ1n) is 7.05. The lowest BCUT2D eigenvalue weighted by molar-refractivity contribution is 0.0361. The summed E-state index contributed by atoms with van der Waals surface area (Å²) in [5, 5.41) is 0. The van der Waals surface area contributed by atoms with E-state index in [1.807, 2.05) is 11.9 Å². The molecule has 0 aliphatic carbocycles. The van der Waals surface area contributed by atoms with Gasteiger partial charge in [0.2, 0.25) is 0 Å². The fourth-order valence-electron chi connectivity index (χ4n) is 2.83. The SMILES string of the molecule is CN(CC1CCCOC1)C(CN)c1c(F)cccc1F. The van der Waals surface area contributed by atoms with Crippen LogP contribution in [0.1, 0.15) is 24.4 Å². The predicted octanol–water partition coefficient (Wildman–Crippen LogP) is 2.32. The summed E-state index contributed by atoms with van der Waals surface area (Å²) in [6.07, 6.45) is 2.13. The van der Waals surface area contributed by atoms with Crippen LogP contribution in [0.25, 0.3) is 0 Å². The van der Waals surface area contributed by atoms with E-state index in [4.69, 9.17) is 10.5 Å². The fourth-order valence-corrected chi connectivity index (χ4v) is 2.83. The zero-order valence-electron chi connectivity index (χ0n) is 11.8. The van der Waals surface area contributed by atoms with Crippen molar-refractivity contribution < 1.29 is 13.5 Å². The van der Waals surface area contributed by atoms with Gasteiger partial charge in [-0.25, -0.2) is 8.78 Å². The maximum absolute atomic E-state index is 13.9. The van der Waals surface area contributed by atoms with Gasteiger partial charge in [-0.05, 0) is 37.9 Å². The largest absolute Gasteiger partial charge is 0.381 e.